The standard InChI is InChI=1S/C69H122F3N9O12/c1-26-30-81(32-29-69(70,71)72)31-28-45(15)60(85)59-56(84)37-49(27-2)64(89)74(19)48(18)63(88)75(20)52(34-40(5)6)55(83)38-50(42(9)10)65(90)76(21)51(33-39(3)4)54(82)36-46(16)61(86)73-47(17)62(87)78(23)57(43(11)12)67(92)77(22)53(35-41(7)8)66(91)79(24)58(44(13)14)68(93)80(59)25/h39-53,57-60,85H,26-38H2,1-25H3,(H,73,86)/t45-,46+,47+,48-,49+,50-,51-,52+,53-,57?,58-,59+,60-/m1/s1. The summed E-state index contributed by atoms with van der Waals surface area (Å²) >= 11 is 0. The molecule has 1 fully saturated rings. The van der Waals surface area contributed by atoms with E-state index in [1.165, 1.54) is 99.5 Å². The molecule has 93 heavy (non-hydrogen) atoms. The van der Waals surface area contributed by atoms with Gasteiger partial charge in [-0.05, 0) is 107 Å². The lowest BCUT2D eigenvalue weighted by atomic mass is 9.84. The second-order valence-electron chi connectivity index (χ2n) is 29.1. The van der Waals surface area contributed by atoms with Crippen molar-refractivity contribution >= 4 is 64.6 Å². The van der Waals surface area contributed by atoms with E-state index in [4.69, 9.17) is 0 Å². The van der Waals surface area contributed by atoms with Crippen molar-refractivity contribution in [3.63, 3.8) is 0 Å². The lowest BCUT2D eigenvalue weighted by Crippen LogP contribution is -2.62. The van der Waals surface area contributed by atoms with E-state index in [1.54, 1.807) is 60.3 Å². The molecule has 0 aliphatic carbocycles. The summed E-state index contributed by atoms with van der Waals surface area (Å²) in [7, 11) is 9.91. The molecule has 24 heteroatoms. The fourth-order valence-corrected chi connectivity index (χ4v) is 12.7. The van der Waals surface area contributed by atoms with E-state index in [9.17, 15) is 56.6 Å². The van der Waals surface area contributed by atoms with E-state index in [2.05, 4.69) is 5.32 Å². The average Bonchev–Trinajstić information content (AvgIpc) is 0.818. The fraction of sp³-hybridized carbons (Fsp3) is 0.841. The zero-order chi connectivity index (χ0) is 72.3. The third-order valence-electron chi connectivity index (χ3n) is 18.8. The van der Waals surface area contributed by atoms with Gasteiger partial charge in [-0.15, -0.1) is 0 Å². The molecule has 1 unspecified atom stereocenters. The second kappa shape index (κ2) is 38.3. The number of likely N-dealkylation sites (N-methyl/N-ethyl adjacent to an activating group) is 7. The zero-order valence-electron chi connectivity index (χ0n) is 61.3. The van der Waals surface area contributed by atoms with Gasteiger partial charge < -0.3 is 49.6 Å². The zero-order valence-corrected chi connectivity index (χ0v) is 61.3. The number of hydrogen-bond acceptors (Lipinski definition) is 13. The maximum Gasteiger partial charge on any atom is 0.390 e. The van der Waals surface area contributed by atoms with Crippen LogP contribution in [0.1, 0.15) is 189 Å². The second-order valence-corrected chi connectivity index (χ2v) is 29.1. The van der Waals surface area contributed by atoms with Crippen LogP contribution in [0.3, 0.4) is 0 Å². The molecule has 13 atom stereocenters. The van der Waals surface area contributed by atoms with Crippen molar-refractivity contribution in [3.05, 3.63) is 0 Å². The molecule has 1 rings (SSSR count). The monoisotopic (exact) mass is 1330 g/mol. The van der Waals surface area contributed by atoms with Crippen LogP contribution < -0.4 is 5.32 Å². The molecule has 0 aromatic heterocycles. The van der Waals surface area contributed by atoms with Gasteiger partial charge in [-0.2, -0.15) is 13.2 Å². The van der Waals surface area contributed by atoms with Gasteiger partial charge in [0.15, 0.2) is 17.3 Å². The topological polar surface area (TPSA) is 246 Å². The van der Waals surface area contributed by atoms with Crippen molar-refractivity contribution in [2.45, 2.75) is 249 Å². The van der Waals surface area contributed by atoms with Crippen molar-refractivity contribution in [1.29, 1.82) is 0 Å². The first-order chi connectivity index (χ1) is 42.7. The van der Waals surface area contributed by atoms with E-state index in [0.29, 0.717) is 13.0 Å². The molecule has 8 amide bonds. The number of hydrogen-bond donors (Lipinski definition) is 2. The van der Waals surface area contributed by atoms with Crippen LogP contribution in [0.2, 0.25) is 0 Å². The minimum atomic E-state index is -4.42. The molecular formula is C69H122F3N9O12. The Morgan fingerprint density at radius 3 is 1.35 bits per heavy atom. The summed E-state index contributed by atoms with van der Waals surface area (Å²) in [6.07, 6.45) is -7.12. The Morgan fingerprint density at radius 1 is 0.484 bits per heavy atom. The van der Waals surface area contributed by atoms with Crippen molar-refractivity contribution in [3.8, 4) is 0 Å². The third kappa shape index (κ3) is 24.6. The molecule has 2 N–H and O–H groups in total. The molecule has 0 aromatic carbocycles. The number of aliphatic hydroxyl groups is 1. The molecule has 0 radical (unpaired) electrons. The minimum Gasteiger partial charge on any atom is -0.390 e. The molecular weight excluding hydrogens is 1200 g/mol. The quantitative estimate of drug-likeness (QED) is 0.127. The van der Waals surface area contributed by atoms with Gasteiger partial charge in [-0.1, -0.05) is 111 Å². The first-order valence-electron chi connectivity index (χ1n) is 34.0. The number of nitrogens with one attached hydrogen (secondary N) is 1. The van der Waals surface area contributed by atoms with Gasteiger partial charge in [0.2, 0.25) is 47.3 Å². The van der Waals surface area contributed by atoms with Crippen LogP contribution >= 0.6 is 0 Å². The normalized spacial score (nSPS) is 26.9. The predicted molar refractivity (Wildman–Crippen MR) is 355 cm³/mol. The Bertz CT molecular complexity index is 2510. The first-order valence-corrected chi connectivity index (χ1v) is 34.0. The molecule has 0 spiro atoms. The highest BCUT2D eigenvalue weighted by molar-refractivity contribution is 6.00. The van der Waals surface area contributed by atoms with Gasteiger partial charge in [-0.3, -0.25) is 52.7 Å². The highest BCUT2D eigenvalue weighted by Crippen LogP contribution is 2.30. The maximum absolute atomic E-state index is 15.4. The summed E-state index contributed by atoms with van der Waals surface area (Å²) in [5.41, 5.74) is 0. The lowest BCUT2D eigenvalue weighted by Gasteiger charge is -2.42. The van der Waals surface area contributed by atoms with Crippen LogP contribution in [0, 0.1) is 59.2 Å². The maximum atomic E-state index is 15.4. The average molecular weight is 1330 g/mol. The van der Waals surface area contributed by atoms with Gasteiger partial charge >= 0.3 is 6.18 Å². The Morgan fingerprint density at radius 2 is 0.914 bits per heavy atom. The summed E-state index contributed by atoms with van der Waals surface area (Å²) < 4.78 is 40.4. The van der Waals surface area contributed by atoms with Crippen molar-refractivity contribution in [1.82, 2.24) is 44.5 Å². The number of aliphatic hydroxyl groups excluding tert-OH is 1. The molecule has 1 heterocycles. The van der Waals surface area contributed by atoms with Crippen molar-refractivity contribution < 1.29 is 71.0 Å². The molecule has 0 saturated carbocycles. The van der Waals surface area contributed by atoms with Crippen molar-refractivity contribution in [2.75, 3.05) is 69.0 Å². The highest BCUT2D eigenvalue weighted by Gasteiger charge is 2.46. The van der Waals surface area contributed by atoms with Gasteiger partial charge in [0, 0.05) is 92.9 Å². The minimum absolute atomic E-state index is 0.0496. The number of alkyl halides is 3. The number of nitrogens with zero attached hydrogens (tertiary/aromatic N) is 8. The number of amides is 8. The Balaban J connectivity index is 4.42. The fourth-order valence-electron chi connectivity index (χ4n) is 12.7. The van der Waals surface area contributed by atoms with Crippen LogP contribution in [0.4, 0.5) is 13.2 Å². The molecule has 536 valence electrons. The largest absolute Gasteiger partial charge is 0.390 e. The first kappa shape index (κ1) is 85.5. The molecule has 0 aromatic rings. The molecule has 1 aliphatic heterocycles. The number of carbonyl (C=O) groups excluding carboxylic acids is 11. The number of Topliss-reactive ketones (excluding diaryl/α,β-unsaturated/α-hetero) is 3. The number of ketones is 3. The highest BCUT2D eigenvalue weighted by atomic mass is 19.4. The lowest BCUT2D eigenvalue weighted by molar-refractivity contribution is -0.157. The van der Waals surface area contributed by atoms with Gasteiger partial charge in [0.05, 0.1) is 24.6 Å². The summed E-state index contributed by atoms with van der Waals surface area (Å²) in [6, 6.07) is -9.92. The summed E-state index contributed by atoms with van der Waals surface area (Å²) in [6.45, 7) is 31.3. The predicted octanol–water partition coefficient (Wildman–Crippen LogP) is 7.63. The van der Waals surface area contributed by atoms with Crippen LogP contribution in [-0.4, -0.2) is 238 Å². The SMILES string of the molecule is CCCN(CC[C@@H](C)[C@@H](O)[C@@H]1C(=O)C[C@H](CC)C(=O)N(C)[C@H](C)C(=O)N(C)[C@@H](CC(C)C)C(=O)C[C@H](C(C)C)C(=O)N(C)[C@H](CC(C)C)C(=O)C[C@H](C)C(=O)N[C@@H](C)C(=O)N(C)C(C(C)C)C(=O)N(C)[C@H](CC(C)C)C(=O)N(C)[C@H](C(C)C)C(=O)N1C)CCC(F)(F)F. The Labute approximate surface area is 555 Å². The summed E-state index contributed by atoms with van der Waals surface area (Å²) in [4.78, 5) is 173. The Hall–Kier alpha value is -5.52. The van der Waals surface area contributed by atoms with Crippen LogP contribution in [-0.2, 0) is 52.7 Å². The molecule has 21 nitrogen and oxygen atoms in total. The third-order valence-corrected chi connectivity index (χ3v) is 18.8. The van der Waals surface area contributed by atoms with Crippen LogP contribution in [0.5, 0.6) is 0 Å². The summed E-state index contributed by atoms with van der Waals surface area (Å²) in [5.74, 6) is -12.7. The van der Waals surface area contributed by atoms with Gasteiger partial charge in [0.25, 0.3) is 0 Å². The molecule has 1 saturated heterocycles. The van der Waals surface area contributed by atoms with Crippen LogP contribution in [0.25, 0.3) is 0 Å². The smallest absolute Gasteiger partial charge is 0.390 e. The summed E-state index contributed by atoms with van der Waals surface area (Å²) in [5, 5.41) is 15.2. The van der Waals surface area contributed by atoms with Gasteiger partial charge in [0.1, 0.15) is 36.3 Å². The Kier molecular flexibility index (Phi) is 35.2. The van der Waals surface area contributed by atoms with E-state index in [0.717, 1.165) is 4.90 Å². The number of rotatable bonds is 19. The number of halogens is 3. The van der Waals surface area contributed by atoms with E-state index in [-0.39, 0.29) is 75.8 Å². The van der Waals surface area contributed by atoms with E-state index < -0.39 is 179 Å². The van der Waals surface area contributed by atoms with Gasteiger partial charge in [-0.25, -0.2) is 0 Å². The van der Waals surface area contributed by atoms with Crippen molar-refractivity contribution in [2.24, 2.45) is 59.2 Å². The molecule has 0 bridgehead atoms. The number of carbonyl (C=O) groups is 11. The molecule has 1 aliphatic rings. The van der Waals surface area contributed by atoms with Crippen LogP contribution in [0.15, 0.2) is 0 Å². The van der Waals surface area contributed by atoms with E-state index in [1.807, 2.05) is 48.5 Å². The van der Waals surface area contributed by atoms with E-state index >= 15 is 14.4 Å².